The van der Waals surface area contributed by atoms with Gasteiger partial charge < -0.3 is 10.4 Å². The van der Waals surface area contributed by atoms with Gasteiger partial charge in [0.1, 0.15) is 6.23 Å². The van der Waals surface area contributed by atoms with Crippen LogP contribution in [0.3, 0.4) is 0 Å². The zero-order chi connectivity index (χ0) is 5.98. The van der Waals surface area contributed by atoms with Crippen LogP contribution in [-0.4, -0.2) is 22.7 Å². The molecular weight excluding hydrogens is 124 g/mol. The monoisotopic (exact) mass is 130 g/mol. The average molecular weight is 130 g/mol. The fourth-order valence-electron chi connectivity index (χ4n) is 0.474. The number of nitrogens with zero attached hydrogens (tertiary/aromatic N) is 1. The van der Waals surface area contributed by atoms with Gasteiger partial charge in [-0.05, 0) is 12.2 Å². The molecule has 0 aromatic rings. The van der Waals surface area contributed by atoms with Crippen LogP contribution in [0.25, 0.3) is 0 Å². The maximum atomic E-state index is 8.79. The highest BCUT2D eigenvalue weighted by molar-refractivity contribution is 7.80. The third-order valence-electron chi connectivity index (χ3n) is 0.827. The Hall–Kier alpha value is -0.480. The van der Waals surface area contributed by atoms with Crippen molar-refractivity contribution in [2.75, 3.05) is 0 Å². The Balaban J connectivity index is 2.54. The SMILES string of the molecule is OC1CC=NC(=S)N1. The van der Waals surface area contributed by atoms with Crippen molar-refractivity contribution < 1.29 is 5.11 Å². The minimum atomic E-state index is -0.528. The van der Waals surface area contributed by atoms with E-state index in [2.05, 4.69) is 22.5 Å². The Morgan fingerprint density at radius 1 is 2.00 bits per heavy atom. The summed E-state index contributed by atoms with van der Waals surface area (Å²) >= 11 is 4.61. The van der Waals surface area contributed by atoms with E-state index < -0.39 is 6.23 Å². The fraction of sp³-hybridized carbons (Fsp3) is 0.500. The van der Waals surface area contributed by atoms with Gasteiger partial charge in [-0.3, -0.25) is 0 Å². The van der Waals surface area contributed by atoms with Crippen molar-refractivity contribution in [2.45, 2.75) is 12.6 Å². The van der Waals surface area contributed by atoms with Crippen LogP contribution in [0, 0.1) is 0 Å². The van der Waals surface area contributed by atoms with Gasteiger partial charge in [-0.25, -0.2) is 4.99 Å². The smallest absolute Gasteiger partial charge is 0.194 e. The van der Waals surface area contributed by atoms with Crippen molar-refractivity contribution in [1.82, 2.24) is 5.32 Å². The van der Waals surface area contributed by atoms with Crippen LogP contribution in [0.2, 0.25) is 0 Å². The maximum Gasteiger partial charge on any atom is 0.194 e. The lowest BCUT2D eigenvalue weighted by Crippen LogP contribution is -2.35. The molecule has 0 fully saturated rings. The topological polar surface area (TPSA) is 44.6 Å². The Kier molecular flexibility index (Phi) is 1.55. The summed E-state index contributed by atoms with van der Waals surface area (Å²) in [6, 6.07) is 0. The number of hydrogen-bond donors (Lipinski definition) is 2. The van der Waals surface area contributed by atoms with Crippen molar-refractivity contribution in [2.24, 2.45) is 4.99 Å². The normalized spacial score (nSPS) is 27.6. The summed E-state index contributed by atoms with van der Waals surface area (Å²) in [7, 11) is 0. The number of aliphatic hydroxyl groups is 1. The van der Waals surface area contributed by atoms with Crippen LogP contribution in [-0.2, 0) is 0 Å². The molecule has 3 nitrogen and oxygen atoms in total. The molecule has 0 amide bonds. The number of aliphatic imine (C=N–C) groups is 1. The molecule has 0 bridgehead atoms. The lowest BCUT2D eigenvalue weighted by molar-refractivity contribution is 0.167. The van der Waals surface area contributed by atoms with E-state index in [1.807, 2.05) is 0 Å². The molecule has 8 heavy (non-hydrogen) atoms. The highest BCUT2D eigenvalue weighted by atomic mass is 32.1. The van der Waals surface area contributed by atoms with E-state index in [1.165, 1.54) is 0 Å². The molecule has 0 spiro atoms. The number of aliphatic hydroxyl groups excluding tert-OH is 1. The second-order valence-electron chi connectivity index (χ2n) is 1.51. The predicted octanol–water partition coefficient (Wildman–Crippen LogP) is -0.346. The first-order chi connectivity index (χ1) is 3.79. The van der Waals surface area contributed by atoms with Gasteiger partial charge in [-0.2, -0.15) is 0 Å². The predicted molar refractivity (Wildman–Crippen MR) is 34.8 cm³/mol. The molecule has 1 unspecified atom stereocenters. The minimum absolute atomic E-state index is 0.365. The standard InChI is InChI=1S/C4H6N2OS/c7-3-1-2-5-4(8)6-3/h2-3,7H,1H2,(H,6,8). The first-order valence-electron chi connectivity index (χ1n) is 2.30. The lowest BCUT2D eigenvalue weighted by atomic mass is 10.4. The Bertz CT molecular complexity index is 134. The van der Waals surface area contributed by atoms with Gasteiger partial charge in [0.2, 0.25) is 0 Å². The van der Waals surface area contributed by atoms with Crippen molar-refractivity contribution in [1.29, 1.82) is 0 Å². The van der Waals surface area contributed by atoms with E-state index in [0.29, 0.717) is 11.5 Å². The van der Waals surface area contributed by atoms with Crippen LogP contribution in [0.4, 0.5) is 0 Å². The van der Waals surface area contributed by atoms with Gasteiger partial charge in [-0.1, -0.05) is 0 Å². The van der Waals surface area contributed by atoms with E-state index in [4.69, 9.17) is 5.11 Å². The molecule has 0 aromatic heterocycles. The molecule has 0 saturated heterocycles. The van der Waals surface area contributed by atoms with Gasteiger partial charge in [0.15, 0.2) is 5.11 Å². The van der Waals surface area contributed by atoms with Crippen molar-refractivity contribution in [3.8, 4) is 0 Å². The highest BCUT2D eigenvalue weighted by Gasteiger charge is 2.06. The summed E-state index contributed by atoms with van der Waals surface area (Å²) in [5.41, 5.74) is 0. The second-order valence-corrected chi connectivity index (χ2v) is 1.90. The summed E-state index contributed by atoms with van der Waals surface area (Å²) in [6.45, 7) is 0. The summed E-state index contributed by atoms with van der Waals surface area (Å²) < 4.78 is 0. The van der Waals surface area contributed by atoms with Gasteiger partial charge in [-0.15, -0.1) is 0 Å². The number of rotatable bonds is 0. The van der Waals surface area contributed by atoms with E-state index in [1.54, 1.807) is 6.21 Å². The largest absolute Gasteiger partial charge is 0.373 e. The Labute approximate surface area is 52.4 Å². The second kappa shape index (κ2) is 2.19. The number of hydrogen-bond acceptors (Lipinski definition) is 2. The Morgan fingerprint density at radius 3 is 3.12 bits per heavy atom. The number of thiocarbonyl (C=S) groups is 1. The summed E-state index contributed by atoms with van der Waals surface area (Å²) in [5.74, 6) is 0. The van der Waals surface area contributed by atoms with Crippen LogP contribution in [0.1, 0.15) is 6.42 Å². The molecule has 1 rings (SSSR count). The van der Waals surface area contributed by atoms with Crippen molar-refractivity contribution >= 4 is 23.5 Å². The average Bonchev–Trinajstić information content (AvgIpc) is 1.64. The Morgan fingerprint density at radius 2 is 2.75 bits per heavy atom. The van der Waals surface area contributed by atoms with Crippen LogP contribution in [0.5, 0.6) is 0 Å². The zero-order valence-electron chi connectivity index (χ0n) is 4.16. The third-order valence-corrected chi connectivity index (χ3v) is 1.05. The first-order valence-corrected chi connectivity index (χ1v) is 2.71. The zero-order valence-corrected chi connectivity index (χ0v) is 4.98. The first kappa shape index (κ1) is 5.65. The molecule has 1 aliphatic heterocycles. The van der Waals surface area contributed by atoms with Gasteiger partial charge in [0, 0.05) is 12.6 Å². The molecule has 2 N–H and O–H groups in total. The molecule has 1 atom stereocenters. The van der Waals surface area contributed by atoms with E-state index >= 15 is 0 Å². The third kappa shape index (κ3) is 1.24. The van der Waals surface area contributed by atoms with Crippen LogP contribution >= 0.6 is 12.2 Å². The maximum absolute atomic E-state index is 8.79. The fourth-order valence-corrected chi connectivity index (χ4v) is 0.685. The van der Waals surface area contributed by atoms with Crippen molar-refractivity contribution in [3.05, 3.63) is 0 Å². The minimum Gasteiger partial charge on any atom is -0.373 e. The van der Waals surface area contributed by atoms with Gasteiger partial charge in [0.05, 0.1) is 0 Å². The highest BCUT2D eigenvalue weighted by Crippen LogP contribution is 1.91. The molecule has 0 aliphatic carbocycles. The summed E-state index contributed by atoms with van der Waals surface area (Å²) in [4.78, 5) is 3.72. The molecule has 0 aromatic carbocycles. The molecular formula is C4H6N2OS. The summed E-state index contributed by atoms with van der Waals surface area (Å²) in [5, 5.41) is 11.7. The van der Waals surface area contributed by atoms with E-state index in [9.17, 15) is 0 Å². The quantitative estimate of drug-likeness (QED) is 0.441. The van der Waals surface area contributed by atoms with Gasteiger partial charge in [0.25, 0.3) is 0 Å². The molecule has 44 valence electrons. The van der Waals surface area contributed by atoms with Crippen molar-refractivity contribution in [3.63, 3.8) is 0 Å². The molecule has 0 radical (unpaired) electrons. The van der Waals surface area contributed by atoms with E-state index in [-0.39, 0.29) is 0 Å². The van der Waals surface area contributed by atoms with Gasteiger partial charge >= 0.3 is 0 Å². The molecule has 1 aliphatic rings. The van der Waals surface area contributed by atoms with Crippen LogP contribution in [0.15, 0.2) is 4.99 Å². The lowest BCUT2D eigenvalue weighted by Gasteiger charge is -2.13. The van der Waals surface area contributed by atoms with E-state index in [0.717, 1.165) is 0 Å². The molecule has 4 heteroatoms. The van der Waals surface area contributed by atoms with Crippen LogP contribution < -0.4 is 5.32 Å². The molecule has 1 heterocycles. The molecule has 0 saturated carbocycles. The summed E-state index contributed by atoms with van der Waals surface area (Å²) in [6.07, 6.45) is 1.61. The number of nitrogens with one attached hydrogen (secondary N) is 1.